The number of hydrogen-bond acceptors (Lipinski definition) is 22. The number of nitrogens with one attached hydrogen (secondary N) is 3. The Morgan fingerprint density at radius 1 is 0.682 bits per heavy atom. The number of methoxy groups -OCH3 is 4. The Morgan fingerprint density at radius 3 is 1.34 bits per heavy atom. The summed E-state index contributed by atoms with van der Waals surface area (Å²) in [6.45, 7) is 16.8. The predicted molar refractivity (Wildman–Crippen MR) is 345 cm³/mol. The van der Waals surface area contributed by atoms with Crippen LogP contribution in [0.3, 0.4) is 0 Å². The number of fused-ring (bicyclic) bond motifs is 2. The van der Waals surface area contributed by atoms with E-state index in [9.17, 15) is 55.0 Å². The number of carbonyl (C=O) groups is 4. The van der Waals surface area contributed by atoms with Crippen LogP contribution in [0.4, 0.5) is 24.2 Å². The molecular formula is C55H73BrF2I2N8O16S2Y2-2. The summed E-state index contributed by atoms with van der Waals surface area (Å²) in [5.41, 5.74) is 0.560. The van der Waals surface area contributed by atoms with Crippen molar-refractivity contribution < 1.29 is 149 Å². The second-order valence-electron chi connectivity index (χ2n) is 17.7. The number of allylic oxidation sites excluding steroid dienone is 2. The number of alkyl carbamates (subject to hydrolysis) is 2. The Morgan fingerprint density at radius 2 is 1.03 bits per heavy atom. The minimum Gasteiger partial charge on any atom is -0.507 e. The standard InChI is InChI=1S/2C12H16FNO3.C12H12N3O5S.C11H9BrN2O3.C4H8.C2H5I.CH3I.CH4NO2S.2Y/c2*1-12(2,3)17-11(16)14-7-8-4-5-9(13)6-10(8)15;1-15(21(17)18)11-7-5-4-6-13-8(7)10(19-2)9(14-11)12(16)20-3;1-16-9-7-6(4-3-5-13-7)10(12)14-8(9)11(15)17-2;1-3-4-2;1-2-3;1-2;1-2-5(3)4;;/h2*4-6,15H,7H2,1-3H3,(H,14,16);4-6H,1-3H3;3-5H,1-2H3;3-4H,1-2H3;2H2,1H3;1H3;1H3,(H,2,3,4);;/q;;-1;;;;;-1;;. The summed E-state index contributed by atoms with van der Waals surface area (Å²) in [6.07, 6.45) is 5.96. The minimum atomic E-state index is -2.55. The SMILES string of the molecule is CC(C)(C)OC(=O)NCc1ccc(F)cc1O.CC(C)(C)OC(=O)NCc1ccc(F)cc1O.CC=CC.CCI.CI.CN[S-](=O)=O.COC(=O)c1nc(Br)c2cccnc2c1OC.COC(=O)c1nc(N(C)[S-](=O)=O)c2cccnc2c1OC.[Y].[Y]. The Kier molecular flexibility index (Phi) is 49.6. The molecule has 0 aliphatic carbocycles. The number of esters is 2. The van der Waals surface area contributed by atoms with Gasteiger partial charge in [0.1, 0.15) is 55.8 Å². The first kappa shape index (κ1) is 90.1. The zero-order chi connectivity index (χ0) is 66.5. The first-order valence-electron chi connectivity index (χ1n) is 24.8. The van der Waals surface area contributed by atoms with Crippen molar-refractivity contribution in [1.82, 2.24) is 35.3 Å². The molecule has 0 unspecified atom stereocenters. The van der Waals surface area contributed by atoms with Crippen LogP contribution in [0.5, 0.6) is 23.0 Å². The molecule has 33 heteroatoms. The van der Waals surface area contributed by atoms with Gasteiger partial charge in [-0.3, -0.25) is 9.97 Å². The maximum Gasteiger partial charge on any atom is 0.407 e. The molecule has 484 valence electrons. The molecule has 0 spiro atoms. The molecule has 2 radical (unpaired) electrons. The number of aromatic hydroxyl groups is 2. The third-order valence-electron chi connectivity index (χ3n) is 9.29. The van der Waals surface area contributed by atoms with Crippen LogP contribution in [0.1, 0.15) is 94.4 Å². The van der Waals surface area contributed by atoms with E-state index in [1.165, 1.54) is 77.4 Å². The summed E-state index contributed by atoms with van der Waals surface area (Å²) in [6, 6.07) is 14.1. The summed E-state index contributed by atoms with van der Waals surface area (Å²) in [4.78, 5) is 64.5. The van der Waals surface area contributed by atoms with Crippen molar-refractivity contribution in [3.63, 3.8) is 0 Å². The molecule has 0 atom stereocenters. The Balaban J connectivity index is -0.000000496. The van der Waals surface area contributed by atoms with E-state index in [4.69, 9.17) is 18.9 Å². The molecule has 6 rings (SSSR count). The van der Waals surface area contributed by atoms with E-state index in [0.717, 1.165) is 21.8 Å². The first-order valence-corrected chi connectivity index (χ1v) is 31.4. The summed E-state index contributed by atoms with van der Waals surface area (Å²) in [5.74, 6) is -2.23. The summed E-state index contributed by atoms with van der Waals surface area (Å²) >= 11 is 7.73. The quantitative estimate of drug-likeness (QED) is 0.0153. The van der Waals surface area contributed by atoms with Gasteiger partial charge >= 0.3 is 24.1 Å². The molecule has 0 aliphatic rings. The number of halogens is 5. The predicted octanol–water partition coefficient (Wildman–Crippen LogP) is 11.9. The first-order chi connectivity index (χ1) is 40.3. The third kappa shape index (κ3) is 35.3. The average Bonchev–Trinajstić information content (AvgIpc) is 2.20. The van der Waals surface area contributed by atoms with E-state index in [1.54, 1.807) is 65.9 Å². The fourth-order valence-corrected chi connectivity index (χ4v) is 6.45. The van der Waals surface area contributed by atoms with Crippen LogP contribution in [0.2, 0.25) is 0 Å². The molecule has 0 aliphatic heterocycles. The van der Waals surface area contributed by atoms with Gasteiger partial charge in [-0.2, -0.15) is 0 Å². The van der Waals surface area contributed by atoms with Gasteiger partial charge in [0.15, 0.2) is 22.9 Å². The molecule has 0 bridgehead atoms. The van der Waals surface area contributed by atoms with Crippen molar-refractivity contribution in [3.8, 4) is 23.0 Å². The van der Waals surface area contributed by atoms with Crippen molar-refractivity contribution in [3.05, 3.63) is 124 Å². The van der Waals surface area contributed by atoms with E-state index in [-0.39, 0.29) is 113 Å². The van der Waals surface area contributed by atoms with Gasteiger partial charge in [0, 0.05) is 136 Å². The van der Waals surface area contributed by atoms with E-state index in [1.807, 2.05) is 41.7 Å². The Labute approximate surface area is 601 Å². The molecule has 88 heavy (non-hydrogen) atoms. The molecule has 0 saturated heterocycles. The van der Waals surface area contributed by atoms with Crippen molar-refractivity contribution in [2.24, 2.45) is 0 Å². The van der Waals surface area contributed by atoms with Gasteiger partial charge in [0.2, 0.25) is 0 Å². The van der Waals surface area contributed by atoms with Gasteiger partial charge in [0.05, 0.1) is 28.4 Å². The van der Waals surface area contributed by atoms with Crippen LogP contribution in [-0.2, 0) is 136 Å². The zero-order valence-corrected chi connectivity index (χ0v) is 64.6. The zero-order valence-electron chi connectivity index (χ0n) is 51.4. The van der Waals surface area contributed by atoms with Crippen molar-refractivity contribution in [2.75, 3.05) is 56.2 Å². The number of benzene rings is 2. The van der Waals surface area contributed by atoms with Gasteiger partial charge < -0.3 is 75.1 Å². The molecule has 5 N–H and O–H groups in total. The fraction of sp³-hybridized carbons (Fsp3) is 0.382. The monoisotopic (exact) mass is 1710 g/mol. The van der Waals surface area contributed by atoms with Crippen LogP contribution in [0.25, 0.3) is 21.8 Å². The largest absolute Gasteiger partial charge is 0.507 e. The van der Waals surface area contributed by atoms with Gasteiger partial charge in [0.25, 0.3) is 0 Å². The summed E-state index contributed by atoms with van der Waals surface area (Å²) in [5, 5.41) is 25.0. The van der Waals surface area contributed by atoms with Crippen LogP contribution in [0, 0.1) is 11.6 Å². The van der Waals surface area contributed by atoms with Crippen LogP contribution in [-0.4, -0.2) is 117 Å². The van der Waals surface area contributed by atoms with Crippen molar-refractivity contribution in [1.29, 1.82) is 0 Å². The number of anilines is 1. The molecule has 2 amide bonds. The number of rotatable bonds is 11. The van der Waals surface area contributed by atoms with E-state index >= 15 is 0 Å². The molecular weight excluding hydrogens is 1640 g/mol. The molecule has 2 aromatic carbocycles. The maximum atomic E-state index is 12.7. The maximum absolute atomic E-state index is 12.7. The van der Waals surface area contributed by atoms with Gasteiger partial charge in [-0.25, -0.2) is 37.9 Å². The molecule has 0 fully saturated rings. The number of phenolic OH excluding ortho intramolecular Hbond substituents is 2. The number of carbonyl (C=O) groups excluding carboxylic acids is 4. The normalized spacial score (nSPS) is 10.0. The summed E-state index contributed by atoms with van der Waals surface area (Å²) in [7, 11) is 3.34. The molecule has 0 saturated carbocycles. The second-order valence-corrected chi connectivity index (χ2v) is 21.9. The molecule has 6 aromatic rings. The number of ether oxygens (including phenoxy) is 6. The Bertz CT molecular complexity index is 3210. The van der Waals surface area contributed by atoms with E-state index in [0.29, 0.717) is 37.9 Å². The van der Waals surface area contributed by atoms with E-state index < -0.39 is 68.7 Å². The summed E-state index contributed by atoms with van der Waals surface area (Å²) < 4.78 is 101. The smallest absolute Gasteiger partial charge is 0.407 e. The molecule has 4 heterocycles. The van der Waals surface area contributed by atoms with Gasteiger partial charge in [-0.1, -0.05) is 76.4 Å². The number of amides is 2. The number of alkyl halides is 2. The fourth-order valence-electron chi connectivity index (χ4n) is 5.67. The number of phenols is 2. The number of pyridine rings is 4. The molecule has 4 aromatic heterocycles. The average molecular weight is 1720 g/mol. The topological polar surface area (TPSA) is 323 Å². The minimum absolute atomic E-state index is 0. The number of aromatic nitrogens is 4. The van der Waals surface area contributed by atoms with E-state index in [2.05, 4.69) is 108 Å². The number of nitrogens with zero attached hydrogens (tertiary/aromatic N) is 5. The Hall–Kier alpha value is -4.35. The van der Waals surface area contributed by atoms with Crippen molar-refractivity contribution in [2.45, 2.75) is 86.6 Å². The molecule has 24 nitrogen and oxygen atoms in total. The third-order valence-corrected chi connectivity index (χ3v) is 10.9. The van der Waals surface area contributed by atoms with Crippen LogP contribution < -0.4 is 29.1 Å². The van der Waals surface area contributed by atoms with Crippen molar-refractivity contribution >= 4 is 135 Å². The van der Waals surface area contributed by atoms with Gasteiger partial charge in [-0.05, 0) is 142 Å². The van der Waals surface area contributed by atoms with Gasteiger partial charge in [-0.15, -0.1) is 0 Å². The van der Waals surface area contributed by atoms with Crippen LogP contribution >= 0.6 is 61.1 Å². The number of hydrogen-bond donors (Lipinski definition) is 5. The second kappa shape index (κ2) is 48.4. The van der Waals surface area contributed by atoms with Crippen LogP contribution in [0.15, 0.2) is 89.8 Å².